The molecule has 0 amide bonds. The molecule has 1 heterocycles. The highest BCUT2D eigenvalue weighted by molar-refractivity contribution is 6.30. The Bertz CT molecular complexity index is 490. The molecule has 1 aliphatic rings. The van der Waals surface area contributed by atoms with Gasteiger partial charge in [0.25, 0.3) is 0 Å². The molecule has 0 aromatic heterocycles. The first-order valence-electron chi connectivity index (χ1n) is 6.14. The fourth-order valence-electron chi connectivity index (χ4n) is 2.45. The van der Waals surface area contributed by atoms with Gasteiger partial charge in [-0.05, 0) is 30.0 Å². The van der Waals surface area contributed by atoms with Gasteiger partial charge >= 0.3 is 0 Å². The van der Waals surface area contributed by atoms with E-state index in [9.17, 15) is 5.26 Å². The minimum atomic E-state index is 0.0601. The number of nitrogens with zero attached hydrogens (tertiary/aromatic N) is 2. The smallest absolute Gasteiger partial charge is 0.101 e. The fraction of sp³-hybridized carbons (Fsp3) is 0.500. The van der Waals surface area contributed by atoms with Gasteiger partial charge in [0.2, 0.25) is 0 Å². The number of nitriles is 1. The second-order valence-corrected chi connectivity index (χ2v) is 6.02. The number of nitrogens with two attached hydrogens (primary N) is 1. The Labute approximate surface area is 113 Å². The Morgan fingerprint density at radius 3 is 2.83 bits per heavy atom. The average molecular weight is 264 g/mol. The predicted molar refractivity (Wildman–Crippen MR) is 74.8 cm³/mol. The first-order chi connectivity index (χ1) is 8.44. The minimum Gasteiger partial charge on any atom is -0.370 e. The summed E-state index contributed by atoms with van der Waals surface area (Å²) >= 11 is 5.92. The molecular weight excluding hydrogens is 246 g/mol. The summed E-state index contributed by atoms with van der Waals surface area (Å²) in [4.78, 5) is 2.23. The molecule has 4 heteroatoms. The molecule has 18 heavy (non-hydrogen) atoms. The van der Waals surface area contributed by atoms with Crippen LogP contribution >= 0.6 is 11.6 Å². The molecule has 0 saturated carbocycles. The number of halogens is 1. The molecule has 1 fully saturated rings. The van der Waals surface area contributed by atoms with Crippen molar-refractivity contribution in [3.63, 3.8) is 0 Å². The molecule has 2 rings (SSSR count). The highest BCUT2D eigenvalue weighted by Gasteiger charge is 2.34. The topological polar surface area (TPSA) is 53.0 Å². The second kappa shape index (κ2) is 4.79. The van der Waals surface area contributed by atoms with E-state index in [0.29, 0.717) is 10.6 Å². The van der Waals surface area contributed by atoms with Crippen molar-refractivity contribution in [1.29, 1.82) is 5.26 Å². The van der Waals surface area contributed by atoms with Gasteiger partial charge in [0, 0.05) is 24.2 Å². The van der Waals surface area contributed by atoms with Crippen molar-refractivity contribution in [2.75, 3.05) is 18.0 Å². The van der Waals surface area contributed by atoms with Gasteiger partial charge in [-0.1, -0.05) is 25.4 Å². The van der Waals surface area contributed by atoms with Gasteiger partial charge in [-0.2, -0.15) is 5.26 Å². The molecule has 1 aromatic carbocycles. The van der Waals surface area contributed by atoms with E-state index in [1.54, 1.807) is 6.07 Å². The third-order valence-corrected chi connectivity index (χ3v) is 3.97. The third kappa shape index (κ3) is 2.45. The number of hydrogen-bond donors (Lipinski definition) is 1. The van der Waals surface area contributed by atoms with Crippen molar-refractivity contribution in [2.24, 2.45) is 11.1 Å². The molecule has 0 radical (unpaired) electrons. The van der Waals surface area contributed by atoms with Crippen molar-refractivity contribution in [1.82, 2.24) is 0 Å². The molecule has 3 nitrogen and oxygen atoms in total. The van der Waals surface area contributed by atoms with Crippen LogP contribution in [0.1, 0.15) is 25.8 Å². The van der Waals surface area contributed by atoms with Gasteiger partial charge in [0.15, 0.2) is 0 Å². The summed E-state index contributed by atoms with van der Waals surface area (Å²) in [6, 6.07) is 7.91. The van der Waals surface area contributed by atoms with Crippen molar-refractivity contribution >= 4 is 17.3 Å². The van der Waals surface area contributed by atoms with Crippen LogP contribution in [0.2, 0.25) is 5.02 Å². The molecule has 0 spiro atoms. The van der Waals surface area contributed by atoms with Crippen molar-refractivity contribution in [3.05, 3.63) is 28.8 Å². The van der Waals surface area contributed by atoms with E-state index >= 15 is 0 Å². The summed E-state index contributed by atoms with van der Waals surface area (Å²) < 4.78 is 0. The fourth-order valence-corrected chi connectivity index (χ4v) is 2.63. The monoisotopic (exact) mass is 263 g/mol. The van der Waals surface area contributed by atoms with Gasteiger partial charge in [-0.25, -0.2) is 0 Å². The Morgan fingerprint density at radius 2 is 2.22 bits per heavy atom. The quantitative estimate of drug-likeness (QED) is 0.848. The van der Waals surface area contributed by atoms with Crippen LogP contribution in [-0.4, -0.2) is 19.1 Å². The Morgan fingerprint density at radius 1 is 1.50 bits per heavy atom. The summed E-state index contributed by atoms with van der Waals surface area (Å²) in [6.45, 7) is 6.10. The normalized spacial score (nSPS) is 22.6. The zero-order valence-electron chi connectivity index (χ0n) is 10.8. The predicted octanol–water partition coefficient (Wildman–Crippen LogP) is 2.78. The number of hydrogen-bond acceptors (Lipinski definition) is 3. The van der Waals surface area contributed by atoms with E-state index in [4.69, 9.17) is 17.3 Å². The molecule has 0 bridgehead atoms. The number of anilines is 1. The van der Waals surface area contributed by atoms with Crippen LogP contribution in [0.5, 0.6) is 0 Å². The highest BCUT2D eigenvalue weighted by Crippen LogP contribution is 2.33. The van der Waals surface area contributed by atoms with Crippen LogP contribution < -0.4 is 10.6 Å². The lowest BCUT2D eigenvalue weighted by Gasteiger charge is -2.44. The molecule has 96 valence electrons. The summed E-state index contributed by atoms with van der Waals surface area (Å²) in [7, 11) is 0. The maximum Gasteiger partial charge on any atom is 0.101 e. The SMILES string of the molecule is CC1(C)CN(c2ccc(Cl)cc2C#N)CCC1N. The maximum absolute atomic E-state index is 9.20. The van der Waals surface area contributed by atoms with Gasteiger partial charge < -0.3 is 10.6 Å². The van der Waals surface area contributed by atoms with E-state index in [0.717, 1.165) is 25.2 Å². The summed E-state index contributed by atoms with van der Waals surface area (Å²) in [5, 5.41) is 9.80. The largest absolute Gasteiger partial charge is 0.370 e. The number of piperidine rings is 1. The summed E-state index contributed by atoms with van der Waals surface area (Å²) in [5.74, 6) is 0. The maximum atomic E-state index is 9.20. The lowest BCUT2D eigenvalue weighted by molar-refractivity contribution is 0.245. The van der Waals surface area contributed by atoms with E-state index in [2.05, 4.69) is 24.8 Å². The van der Waals surface area contributed by atoms with E-state index in [1.165, 1.54) is 0 Å². The zero-order valence-corrected chi connectivity index (χ0v) is 11.5. The van der Waals surface area contributed by atoms with Crippen molar-refractivity contribution in [3.8, 4) is 6.07 Å². The molecule has 2 N–H and O–H groups in total. The summed E-state index contributed by atoms with van der Waals surface area (Å²) in [6.07, 6.45) is 0.945. The lowest BCUT2D eigenvalue weighted by atomic mass is 9.79. The van der Waals surface area contributed by atoms with Crippen LogP contribution in [0.25, 0.3) is 0 Å². The zero-order chi connectivity index (χ0) is 13.3. The van der Waals surface area contributed by atoms with Crippen LogP contribution in [0.4, 0.5) is 5.69 Å². The van der Waals surface area contributed by atoms with Gasteiger partial charge in [0.1, 0.15) is 6.07 Å². The Kier molecular flexibility index (Phi) is 3.52. The average Bonchev–Trinajstić information content (AvgIpc) is 2.32. The molecule has 1 aliphatic heterocycles. The third-order valence-electron chi connectivity index (χ3n) is 3.73. The van der Waals surface area contributed by atoms with E-state index in [-0.39, 0.29) is 11.5 Å². The Balaban J connectivity index is 2.31. The molecular formula is C14H18ClN3. The number of benzene rings is 1. The van der Waals surface area contributed by atoms with Crippen LogP contribution in [0, 0.1) is 16.7 Å². The van der Waals surface area contributed by atoms with Gasteiger partial charge in [0.05, 0.1) is 11.3 Å². The lowest BCUT2D eigenvalue weighted by Crippen LogP contribution is -2.52. The van der Waals surface area contributed by atoms with Crippen molar-refractivity contribution < 1.29 is 0 Å². The highest BCUT2D eigenvalue weighted by atomic mass is 35.5. The molecule has 0 aliphatic carbocycles. The van der Waals surface area contributed by atoms with Crippen LogP contribution in [0.3, 0.4) is 0 Å². The standard InChI is InChI=1S/C14H18ClN3/c1-14(2)9-18(6-5-13(14)17)12-4-3-11(15)7-10(12)8-16/h3-4,7,13H,5-6,9,17H2,1-2H3. The molecule has 1 aromatic rings. The summed E-state index contributed by atoms with van der Waals surface area (Å²) in [5.41, 5.74) is 7.79. The van der Waals surface area contributed by atoms with E-state index in [1.807, 2.05) is 12.1 Å². The van der Waals surface area contributed by atoms with Crippen molar-refractivity contribution in [2.45, 2.75) is 26.3 Å². The minimum absolute atomic E-state index is 0.0601. The van der Waals surface area contributed by atoms with Crippen LogP contribution in [-0.2, 0) is 0 Å². The molecule has 1 atom stereocenters. The van der Waals surface area contributed by atoms with E-state index < -0.39 is 0 Å². The second-order valence-electron chi connectivity index (χ2n) is 5.58. The number of rotatable bonds is 1. The van der Waals surface area contributed by atoms with Gasteiger partial charge in [-0.3, -0.25) is 0 Å². The first kappa shape index (κ1) is 13.2. The van der Waals surface area contributed by atoms with Crippen LogP contribution in [0.15, 0.2) is 18.2 Å². The molecule has 1 unspecified atom stereocenters. The molecule has 1 saturated heterocycles. The first-order valence-corrected chi connectivity index (χ1v) is 6.52. The van der Waals surface area contributed by atoms with Gasteiger partial charge in [-0.15, -0.1) is 0 Å². The Hall–Kier alpha value is -1.24.